The molecular weight excluding hydrogens is 294 g/mol. The SMILES string of the molecule is O=C(NCc1c[nH]c(=O)[nH]c1=O)C1c2ccccc2C2CC1C2. The highest BCUT2D eigenvalue weighted by molar-refractivity contribution is 5.85. The summed E-state index contributed by atoms with van der Waals surface area (Å²) in [5, 5.41) is 2.84. The second kappa shape index (κ2) is 5.22. The number of hydrogen-bond donors (Lipinski definition) is 3. The molecular formula is C17H17N3O3. The second-order valence-corrected chi connectivity index (χ2v) is 6.35. The fourth-order valence-electron chi connectivity index (χ4n) is 3.82. The molecule has 23 heavy (non-hydrogen) atoms. The molecule has 1 heterocycles. The van der Waals surface area contributed by atoms with Gasteiger partial charge in [-0.1, -0.05) is 24.3 Å². The van der Waals surface area contributed by atoms with Crippen LogP contribution in [0.5, 0.6) is 0 Å². The summed E-state index contributed by atoms with van der Waals surface area (Å²) in [6.07, 6.45) is 3.47. The van der Waals surface area contributed by atoms with E-state index in [1.807, 2.05) is 18.2 Å². The quantitative estimate of drug-likeness (QED) is 0.788. The number of nitrogens with one attached hydrogen (secondary N) is 3. The lowest BCUT2D eigenvalue weighted by Gasteiger charge is -2.47. The zero-order chi connectivity index (χ0) is 16.0. The van der Waals surface area contributed by atoms with Crippen molar-refractivity contribution in [1.29, 1.82) is 0 Å². The zero-order valence-electron chi connectivity index (χ0n) is 12.5. The van der Waals surface area contributed by atoms with Gasteiger partial charge in [-0.15, -0.1) is 0 Å². The van der Waals surface area contributed by atoms with Crippen LogP contribution in [0, 0.1) is 5.92 Å². The molecule has 2 aromatic rings. The van der Waals surface area contributed by atoms with Crippen molar-refractivity contribution >= 4 is 5.91 Å². The molecule has 1 saturated carbocycles. The lowest BCUT2D eigenvalue weighted by atomic mass is 9.57. The number of rotatable bonds is 3. The number of carbonyl (C=O) groups is 1. The van der Waals surface area contributed by atoms with Crippen molar-refractivity contribution in [3.63, 3.8) is 0 Å². The fraction of sp³-hybridized carbons (Fsp3) is 0.353. The summed E-state index contributed by atoms with van der Waals surface area (Å²) in [7, 11) is 0. The third-order valence-electron chi connectivity index (χ3n) is 5.05. The number of amides is 1. The standard InChI is InChI=1S/C17H17N3O3/c21-15-11(8-19-17(23)20-15)7-18-16(22)14-10-5-9(6-10)12-3-1-2-4-13(12)14/h1-4,8-10,14H,5-7H2,(H,18,22)(H2,19,20,21,23). The summed E-state index contributed by atoms with van der Waals surface area (Å²) in [5.41, 5.74) is 1.73. The van der Waals surface area contributed by atoms with E-state index in [9.17, 15) is 14.4 Å². The van der Waals surface area contributed by atoms with Crippen molar-refractivity contribution in [2.45, 2.75) is 31.2 Å². The summed E-state index contributed by atoms with van der Waals surface area (Å²) < 4.78 is 0. The van der Waals surface area contributed by atoms with Crippen molar-refractivity contribution in [2.75, 3.05) is 0 Å². The third-order valence-corrected chi connectivity index (χ3v) is 5.05. The molecule has 2 bridgehead atoms. The van der Waals surface area contributed by atoms with Crippen LogP contribution in [0.15, 0.2) is 40.1 Å². The predicted octanol–water partition coefficient (Wildman–Crippen LogP) is 0.970. The zero-order valence-corrected chi connectivity index (χ0v) is 12.5. The van der Waals surface area contributed by atoms with E-state index >= 15 is 0 Å². The fourth-order valence-corrected chi connectivity index (χ4v) is 3.82. The van der Waals surface area contributed by atoms with Crippen LogP contribution in [0.1, 0.15) is 41.4 Å². The van der Waals surface area contributed by atoms with Gasteiger partial charge in [0.2, 0.25) is 5.91 Å². The molecule has 0 saturated heterocycles. The molecule has 1 amide bonds. The van der Waals surface area contributed by atoms with Crippen LogP contribution in [0.3, 0.4) is 0 Å². The Morgan fingerprint density at radius 3 is 2.65 bits per heavy atom. The molecule has 3 aliphatic rings. The van der Waals surface area contributed by atoms with E-state index < -0.39 is 11.2 Å². The monoisotopic (exact) mass is 311 g/mol. The number of aromatic nitrogens is 2. The summed E-state index contributed by atoms with van der Waals surface area (Å²) in [5.74, 6) is 0.801. The van der Waals surface area contributed by atoms with Crippen LogP contribution in [0.2, 0.25) is 0 Å². The molecule has 118 valence electrons. The first-order valence-electron chi connectivity index (χ1n) is 7.81. The number of carbonyl (C=O) groups excluding carboxylic acids is 1. The molecule has 6 heteroatoms. The van der Waals surface area contributed by atoms with Gasteiger partial charge in [0.05, 0.1) is 11.5 Å². The van der Waals surface area contributed by atoms with Crippen LogP contribution in [-0.4, -0.2) is 15.9 Å². The van der Waals surface area contributed by atoms with Crippen LogP contribution < -0.4 is 16.6 Å². The summed E-state index contributed by atoms with van der Waals surface area (Å²) in [6.45, 7) is 0.111. The van der Waals surface area contributed by atoms with E-state index in [1.165, 1.54) is 11.8 Å². The van der Waals surface area contributed by atoms with E-state index in [4.69, 9.17) is 0 Å². The minimum atomic E-state index is -0.549. The van der Waals surface area contributed by atoms with Crippen molar-refractivity contribution in [2.24, 2.45) is 5.92 Å². The van der Waals surface area contributed by atoms with Gasteiger partial charge in [-0.25, -0.2) is 4.79 Å². The summed E-state index contributed by atoms with van der Waals surface area (Å²) in [6, 6.07) is 8.13. The Labute approximate surface area is 132 Å². The molecule has 0 radical (unpaired) electrons. The van der Waals surface area contributed by atoms with Gasteiger partial charge in [-0.2, -0.15) is 0 Å². The number of aromatic amines is 2. The van der Waals surface area contributed by atoms with Crippen LogP contribution >= 0.6 is 0 Å². The largest absolute Gasteiger partial charge is 0.351 e. The summed E-state index contributed by atoms with van der Waals surface area (Å²) in [4.78, 5) is 39.9. The average molecular weight is 311 g/mol. The molecule has 1 atom stereocenters. The maximum absolute atomic E-state index is 12.7. The molecule has 0 aliphatic heterocycles. The molecule has 1 aromatic heterocycles. The van der Waals surface area contributed by atoms with E-state index in [-0.39, 0.29) is 18.4 Å². The second-order valence-electron chi connectivity index (χ2n) is 6.35. The molecule has 1 unspecified atom stereocenters. The predicted molar refractivity (Wildman–Crippen MR) is 84.2 cm³/mol. The Morgan fingerprint density at radius 1 is 1.17 bits per heavy atom. The third kappa shape index (κ3) is 2.30. The lowest BCUT2D eigenvalue weighted by Crippen LogP contribution is -2.43. The highest BCUT2D eigenvalue weighted by Crippen LogP contribution is 2.55. The number of H-pyrrole nitrogens is 2. The molecule has 1 aromatic carbocycles. The van der Waals surface area contributed by atoms with Crippen molar-refractivity contribution < 1.29 is 4.79 Å². The van der Waals surface area contributed by atoms with E-state index in [1.54, 1.807) is 0 Å². The Hall–Kier alpha value is -2.63. The Balaban J connectivity index is 1.54. The number of hydrogen-bond acceptors (Lipinski definition) is 3. The van der Waals surface area contributed by atoms with Gasteiger partial charge in [0.15, 0.2) is 0 Å². The molecule has 3 aliphatic carbocycles. The Kier molecular flexibility index (Phi) is 3.18. The maximum atomic E-state index is 12.7. The van der Waals surface area contributed by atoms with Gasteiger partial charge in [0.25, 0.3) is 5.56 Å². The van der Waals surface area contributed by atoms with E-state index in [0.717, 1.165) is 18.4 Å². The highest BCUT2D eigenvalue weighted by atomic mass is 16.2. The first-order chi connectivity index (χ1) is 11.1. The van der Waals surface area contributed by atoms with Crippen molar-refractivity contribution in [1.82, 2.24) is 15.3 Å². The topological polar surface area (TPSA) is 94.8 Å². The van der Waals surface area contributed by atoms with Crippen LogP contribution in [0.4, 0.5) is 0 Å². The minimum Gasteiger partial charge on any atom is -0.351 e. The van der Waals surface area contributed by atoms with Gasteiger partial charge >= 0.3 is 5.69 Å². The highest BCUT2D eigenvalue weighted by Gasteiger charge is 2.46. The molecule has 0 spiro atoms. The molecule has 3 N–H and O–H groups in total. The number of benzene rings is 1. The molecule has 6 nitrogen and oxygen atoms in total. The van der Waals surface area contributed by atoms with Gasteiger partial charge in [0, 0.05) is 12.7 Å². The smallest absolute Gasteiger partial charge is 0.325 e. The minimum absolute atomic E-state index is 0.0498. The molecule has 5 rings (SSSR count). The normalized spacial score (nSPS) is 24.4. The maximum Gasteiger partial charge on any atom is 0.325 e. The average Bonchev–Trinajstić information content (AvgIpc) is 2.51. The first-order valence-corrected chi connectivity index (χ1v) is 7.81. The van der Waals surface area contributed by atoms with Crippen LogP contribution in [0.25, 0.3) is 0 Å². The van der Waals surface area contributed by atoms with Crippen molar-refractivity contribution in [3.05, 3.63) is 68.0 Å². The summed E-state index contributed by atoms with van der Waals surface area (Å²) >= 11 is 0. The van der Waals surface area contributed by atoms with Crippen molar-refractivity contribution in [3.8, 4) is 0 Å². The Morgan fingerprint density at radius 2 is 1.91 bits per heavy atom. The molecule has 1 fully saturated rings. The Bertz CT molecular complexity index is 877. The van der Waals surface area contributed by atoms with Crippen LogP contribution in [-0.2, 0) is 11.3 Å². The lowest BCUT2D eigenvalue weighted by molar-refractivity contribution is -0.125. The van der Waals surface area contributed by atoms with E-state index in [0.29, 0.717) is 17.4 Å². The van der Waals surface area contributed by atoms with Gasteiger partial charge < -0.3 is 10.3 Å². The van der Waals surface area contributed by atoms with Gasteiger partial charge in [-0.3, -0.25) is 14.6 Å². The van der Waals surface area contributed by atoms with Gasteiger partial charge in [-0.05, 0) is 35.8 Å². The van der Waals surface area contributed by atoms with Gasteiger partial charge in [0.1, 0.15) is 0 Å². The first kappa shape index (κ1) is 14.0. The van der Waals surface area contributed by atoms with E-state index in [2.05, 4.69) is 21.4 Å².